The number of piperidine rings is 1. The monoisotopic (exact) mass is 431 g/mol. The smallest absolute Gasteiger partial charge is 0.0929 e. The highest BCUT2D eigenvalue weighted by Gasteiger charge is 2.22. The molecule has 0 aliphatic carbocycles. The van der Waals surface area contributed by atoms with Crippen LogP contribution in [-0.4, -0.2) is 34.7 Å². The maximum Gasteiger partial charge on any atom is 0.0929 e. The number of benzene rings is 4. The van der Waals surface area contributed by atoms with E-state index in [4.69, 9.17) is 5.10 Å². The van der Waals surface area contributed by atoms with E-state index >= 15 is 0 Å². The molecule has 0 bridgehead atoms. The molecule has 0 spiro atoms. The van der Waals surface area contributed by atoms with Crippen LogP contribution in [0.1, 0.15) is 30.0 Å². The summed E-state index contributed by atoms with van der Waals surface area (Å²) < 4.78 is 0. The lowest BCUT2D eigenvalue weighted by atomic mass is 9.92. The van der Waals surface area contributed by atoms with E-state index < -0.39 is 0 Å². The summed E-state index contributed by atoms with van der Waals surface area (Å²) in [5.74, 6) is 0.565. The molecular weight excluding hydrogens is 402 g/mol. The summed E-state index contributed by atoms with van der Waals surface area (Å²) in [5.41, 5.74) is 5.01. The van der Waals surface area contributed by atoms with Gasteiger partial charge in [0.2, 0.25) is 0 Å². The molecule has 33 heavy (non-hydrogen) atoms. The third-order valence-corrected chi connectivity index (χ3v) is 7.27. The molecule has 1 aromatic heterocycles. The van der Waals surface area contributed by atoms with Crippen molar-refractivity contribution < 1.29 is 0 Å². The Morgan fingerprint density at radius 1 is 0.758 bits per heavy atom. The molecule has 0 amide bonds. The lowest BCUT2D eigenvalue weighted by molar-refractivity contribution is 0.213. The van der Waals surface area contributed by atoms with Crippen LogP contribution in [-0.2, 0) is 6.42 Å². The topological polar surface area (TPSA) is 31.9 Å². The molecule has 3 nitrogen and oxygen atoms in total. The maximum atomic E-state index is 4.70. The number of hydrogen-bond donors (Lipinski definition) is 1. The Balaban J connectivity index is 1.11. The van der Waals surface area contributed by atoms with Crippen LogP contribution in [0.5, 0.6) is 0 Å². The molecule has 5 aromatic rings. The molecular formula is C30H29N3. The third-order valence-electron chi connectivity index (χ3n) is 7.27. The Labute approximate surface area is 195 Å². The van der Waals surface area contributed by atoms with E-state index in [0.717, 1.165) is 31.7 Å². The predicted octanol–water partition coefficient (Wildman–Crippen LogP) is 6.81. The van der Waals surface area contributed by atoms with Gasteiger partial charge in [-0.1, -0.05) is 84.9 Å². The van der Waals surface area contributed by atoms with Crippen molar-refractivity contribution in [1.29, 1.82) is 0 Å². The molecule has 1 N–H and O–H groups in total. The van der Waals surface area contributed by atoms with Gasteiger partial charge in [0.15, 0.2) is 0 Å². The number of aromatic amines is 1. The van der Waals surface area contributed by atoms with Crippen LogP contribution in [0.3, 0.4) is 0 Å². The number of nitrogens with one attached hydrogen (secondary N) is 1. The Bertz CT molecular complexity index is 1380. The van der Waals surface area contributed by atoms with Crippen molar-refractivity contribution >= 4 is 21.5 Å². The van der Waals surface area contributed by atoms with E-state index in [-0.39, 0.29) is 0 Å². The van der Waals surface area contributed by atoms with Crippen molar-refractivity contribution in [2.24, 2.45) is 0 Å². The van der Waals surface area contributed by atoms with Gasteiger partial charge in [-0.25, -0.2) is 0 Å². The molecule has 2 heterocycles. The fraction of sp³-hybridized carbons (Fsp3) is 0.233. The number of hydrogen-bond acceptors (Lipinski definition) is 2. The highest BCUT2D eigenvalue weighted by Crippen LogP contribution is 2.32. The van der Waals surface area contributed by atoms with Gasteiger partial charge < -0.3 is 4.90 Å². The summed E-state index contributed by atoms with van der Waals surface area (Å²) in [4.78, 5) is 2.63. The minimum absolute atomic E-state index is 0.565. The molecule has 0 atom stereocenters. The number of H-pyrrole nitrogens is 1. The average molecular weight is 432 g/mol. The number of fused-ring (bicyclic) bond motifs is 2. The molecule has 3 heteroatoms. The quantitative estimate of drug-likeness (QED) is 0.332. The Hall–Kier alpha value is -3.43. The molecule has 164 valence electrons. The van der Waals surface area contributed by atoms with Crippen LogP contribution in [0.4, 0.5) is 0 Å². The lowest BCUT2D eigenvalue weighted by Gasteiger charge is -2.31. The SMILES string of the molecule is c1ccc2c(CCN3CCC(c4cc(-c5cccc6ccccc56)n[nH]4)CC3)cccc2c1. The number of rotatable bonds is 5. The molecule has 6 rings (SSSR count). The second-order valence-corrected chi connectivity index (χ2v) is 9.24. The van der Waals surface area contributed by atoms with Gasteiger partial charge in [-0.3, -0.25) is 5.10 Å². The number of aromatic nitrogens is 2. The van der Waals surface area contributed by atoms with E-state index in [9.17, 15) is 0 Å². The lowest BCUT2D eigenvalue weighted by Crippen LogP contribution is -2.34. The fourth-order valence-electron chi connectivity index (χ4n) is 5.39. The molecule has 1 aliphatic rings. The number of nitrogens with zero attached hydrogens (tertiary/aromatic N) is 2. The summed E-state index contributed by atoms with van der Waals surface area (Å²) in [6, 6.07) is 32.7. The van der Waals surface area contributed by atoms with Crippen LogP contribution in [0.2, 0.25) is 0 Å². The van der Waals surface area contributed by atoms with Crippen molar-refractivity contribution in [3.05, 3.63) is 102 Å². The average Bonchev–Trinajstić information content (AvgIpc) is 3.37. The largest absolute Gasteiger partial charge is 0.303 e. The van der Waals surface area contributed by atoms with Gasteiger partial charge >= 0.3 is 0 Å². The normalized spacial score (nSPS) is 15.4. The summed E-state index contributed by atoms with van der Waals surface area (Å²) in [7, 11) is 0. The first-order chi connectivity index (χ1) is 16.3. The zero-order valence-corrected chi connectivity index (χ0v) is 18.9. The summed E-state index contributed by atoms with van der Waals surface area (Å²) in [6.07, 6.45) is 3.49. The highest BCUT2D eigenvalue weighted by atomic mass is 15.1. The van der Waals surface area contributed by atoms with Crippen LogP contribution >= 0.6 is 0 Å². The van der Waals surface area contributed by atoms with Crippen molar-refractivity contribution in [2.75, 3.05) is 19.6 Å². The van der Waals surface area contributed by atoms with Crippen LogP contribution in [0, 0.1) is 0 Å². The summed E-state index contributed by atoms with van der Waals surface area (Å²) >= 11 is 0. The Morgan fingerprint density at radius 3 is 2.24 bits per heavy atom. The second kappa shape index (κ2) is 8.84. The molecule has 0 unspecified atom stereocenters. The van der Waals surface area contributed by atoms with Crippen LogP contribution in [0.15, 0.2) is 91.0 Å². The van der Waals surface area contributed by atoms with Crippen molar-refractivity contribution in [1.82, 2.24) is 15.1 Å². The number of likely N-dealkylation sites (tertiary alicyclic amines) is 1. The first-order valence-electron chi connectivity index (χ1n) is 12.1. The zero-order valence-electron chi connectivity index (χ0n) is 18.9. The molecule has 1 aliphatic heterocycles. The van der Waals surface area contributed by atoms with Gasteiger partial charge in [0.05, 0.1) is 5.69 Å². The summed E-state index contributed by atoms with van der Waals surface area (Å²) in [5, 5.41) is 13.3. The standard InChI is InChI=1S/C30H29N3/c1-3-12-26-22(7-1)9-5-10-24(26)15-18-33-19-16-25(17-20-33)29-21-30(32-31-29)28-14-6-11-23-8-2-4-13-27(23)28/h1-14,21,25H,15-20H2,(H,31,32). The third kappa shape index (κ3) is 4.05. The van der Waals surface area contributed by atoms with Gasteiger partial charge in [-0.05, 0) is 65.5 Å². The van der Waals surface area contributed by atoms with Gasteiger partial charge in [0.1, 0.15) is 0 Å². The van der Waals surface area contributed by atoms with E-state index in [0.29, 0.717) is 5.92 Å². The predicted molar refractivity (Wildman–Crippen MR) is 138 cm³/mol. The Kier molecular flexibility index (Phi) is 5.41. The molecule has 0 radical (unpaired) electrons. The van der Waals surface area contributed by atoms with Crippen molar-refractivity contribution in [3.63, 3.8) is 0 Å². The molecule has 1 saturated heterocycles. The molecule has 1 fully saturated rings. The van der Waals surface area contributed by atoms with E-state index in [1.165, 1.54) is 51.2 Å². The van der Waals surface area contributed by atoms with Gasteiger partial charge in [-0.2, -0.15) is 5.10 Å². The zero-order chi connectivity index (χ0) is 22.0. The van der Waals surface area contributed by atoms with Gasteiger partial charge in [0, 0.05) is 23.7 Å². The minimum Gasteiger partial charge on any atom is -0.303 e. The first-order valence-corrected chi connectivity index (χ1v) is 12.1. The van der Waals surface area contributed by atoms with E-state index in [1.807, 2.05) is 0 Å². The van der Waals surface area contributed by atoms with Gasteiger partial charge in [-0.15, -0.1) is 0 Å². The van der Waals surface area contributed by atoms with Crippen LogP contribution in [0.25, 0.3) is 32.8 Å². The van der Waals surface area contributed by atoms with Gasteiger partial charge in [0.25, 0.3) is 0 Å². The van der Waals surface area contributed by atoms with Crippen LogP contribution < -0.4 is 0 Å². The van der Waals surface area contributed by atoms with E-state index in [2.05, 4.69) is 101 Å². The highest BCUT2D eigenvalue weighted by molar-refractivity contribution is 5.95. The Morgan fingerprint density at radius 2 is 1.42 bits per heavy atom. The first kappa shape index (κ1) is 20.2. The molecule has 0 saturated carbocycles. The van der Waals surface area contributed by atoms with E-state index in [1.54, 1.807) is 0 Å². The second-order valence-electron chi connectivity index (χ2n) is 9.24. The molecule has 4 aromatic carbocycles. The van der Waals surface area contributed by atoms with Crippen molar-refractivity contribution in [2.45, 2.75) is 25.2 Å². The van der Waals surface area contributed by atoms with Crippen molar-refractivity contribution in [3.8, 4) is 11.3 Å². The minimum atomic E-state index is 0.565. The fourth-order valence-corrected chi connectivity index (χ4v) is 5.39. The maximum absolute atomic E-state index is 4.70. The summed E-state index contributed by atoms with van der Waals surface area (Å²) in [6.45, 7) is 3.43.